The summed E-state index contributed by atoms with van der Waals surface area (Å²) in [7, 11) is 3.13. The van der Waals surface area contributed by atoms with Gasteiger partial charge in [0.1, 0.15) is 11.4 Å². The Kier molecular flexibility index (Phi) is 5.41. The molecule has 0 N–H and O–H groups in total. The molecule has 0 spiro atoms. The van der Waals surface area contributed by atoms with Crippen molar-refractivity contribution >= 4 is 5.91 Å². The van der Waals surface area contributed by atoms with Crippen LogP contribution in [0.2, 0.25) is 0 Å². The van der Waals surface area contributed by atoms with Crippen molar-refractivity contribution in [3.8, 4) is 17.3 Å². The summed E-state index contributed by atoms with van der Waals surface area (Å²) in [5.74, 6) is 0.989. The van der Waals surface area contributed by atoms with Gasteiger partial charge in [-0.2, -0.15) is 0 Å². The molecule has 0 radical (unpaired) electrons. The highest BCUT2D eigenvalue weighted by Gasteiger charge is 2.20. The second kappa shape index (κ2) is 7.49. The fourth-order valence-corrected chi connectivity index (χ4v) is 2.18. The number of nitrogens with zero attached hydrogens (tertiary/aromatic N) is 3. The number of ether oxygens (including phenoxy) is 2. The van der Waals surface area contributed by atoms with Crippen LogP contribution in [0.3, 0.4) is 0 Å². The van der Waals surface area contributed by atoms with Gasteiger partial charge < -0.3 is 14.4 Å². The molecule has 0 aliphatic rings. The fraction of sp³-hybridized carbons (Fsp3) is 0.294. The molecule has 0 atom stereocenters. The first-order valence-electron chi connectivity index (χ1n) is 7.36. The number of hydrogen-bond acceptors (Lipinski definition) is 4. The average molecular weight is 315 g/mol. The van der Waals surface area contributed by atoms with E-state index in [1.165, 1.54) is 7.11 Å². The zero-order valence-corrected chi connectivity index (χ0v) is 13.8. The van der Waals surface area contributed by atoms with Crippen LogP contribution >= 0.6 is 0 Å². The molecule has 2 aromatic rings. The number of carbonyl (C=O) groups excluding carboxylic acids is 1. The molecule has 0 fully saturated rings. The van der Waals surface area contributed by atoms with Crippen molar-refractivity contribution in [1.29, 1.82) is 0 Å². The molecule has 23 heavy (non-hydrogen) atoms. The molecule has 0 aliphatic heterocycles. The Balaban J connectivity index is 2.46. The topological polar surface area (TPSA) is 56.6 Å². The zero-order valence-electron chi connectivity index (χ0n) is 13.8. The lowest BCUT2D eigenvalue weighted by Gasteiger charge is -2.16. The third-order valence-electron chi connectivity index (χ3n) is 3.36. The van der Waals surface area contributed by atoms with Crippen LogP contribution in [0.15, 0.2) is 42.6 Å². The smallest absolute Gasteiger partial charge is 0.276 e. The summed E-state index contributed by atoms with van der Waals surface area (Å²) in [5.41, 5.74) is 1.20. The summed E-state index contributed by atoms with van der Waals surface area (Å²) in [6.07, 6.45) is 3.58. The molecule has 122 valence electrons. The number of rotatable bonds is 6. The lowest BCUT2D eigenvalue weighted by atomic mass is 10.3. The molecule has 6 heteroatoms. The van der Waals surface area contributed by atoms with E-state index in [9.17, 15) is 4.79 Å². The van der Waals surface area contributed by atoms with Crippen molar-refractivity contribution in [3.05, 3.63) is 48.3 Å². The predicted molar refractivity (Wildman–Crippen MR) is 88.2 cm³/mol. The van der Waals surface area contributed by atoms with Gasteiger partial charge in [0, 0.05) is 18.8 Å². The summed E-state index contributed by atoms with van der Waals surface area (Å²) in [4.78, 5) is 14.4. The monoisotopic (exact) mass is 315 g/mol. The van der Waals surface area contributed by atoms with Gasteiger partial charge in [-0.05, 0) is 38.1 Å². The second-order valence-corrected chi connectivity index (χ2v) is 4.76. The molecular weight excluding hydrogens is 294 g/mol. The van der Waals surface area contributed by atoms with Gasteiger partial charge in [0.25, 0.3) is 5.91 Å². The summed E-state index contributed by atoms with van der Waals surface area (Å²) in [5, 5.41) is 4.33. The highest BCUT2D eigenvalue weighted by atomic mass is 16.5. The number of aromatic nitrogens is 2. The Morgan fingerprint density at radius 2 is 1.96 bits per heavy atom. The molecule has 1 heterocycles. The van der Waals surface area contributed by atoms with Gasteiger partial charge in [-0.3, -0.25) is 4.79 Å². The van der Waals surface area contributed by atoms with Gasteiger partial charge in [0.15, 0.2) is 0 Å². The van der Waals surface area contributed by atoms with Crippen molar-refractivity contribution < 1.29 is 14.3 Å². The van der Waals surface area contributed by atoms with E-state index in [2.05, 4.69) is 5.10 Å². The molecule has 0 aliphatic carbocycles. The number of hydrogen-bond donors (Lipinski definition) is 0. The number of methoxy groups -OCH3 is 2. The third-order valence-corrected chi connectivity index (χ3v) is 3.36. The van der Waals surface area contributed by atoms with Crippen LogP contribution in [0.25, 0.3) is 5.69 Å². The Morgan fingerprint density at radius 3 is 2.48 bits per heavy atom. The largest absolute Gasteiger partial charge is 0.497 e. The van der Waals surface area contributed by atoms with Crippen molar-refractivity contribution in [1.82, 2.24) is 14.7 Å². The van der Waals surface area contributed by atoms with Crippen LogP contribution in [0.5, 0.6) is 11.6 Å². The van der Waals surface area contributed by atoms with Crippen molar-refractivity contribution in [2.45, 2.75) is 13.8 Å². The SMILES string of the molecule is C/C=C/N(CC)C(=O)c1cc(OC)nn1-c1ccc(OC)cc1. The van der Waals surface area contributed by atoms with Crippen LogP contribution in [-0.2, 0) is 0 Å². The first-order valence-corrected chi connectivity index (χ1v) is 7.36. The highest BCUT2D eigenvalue weighted by molar-refractivity contribution is 5.94. The van der Waals surface area contributed by atoms with Gasteiger partial charge in [-0.1, -0.05) is 6.08 Å². The van der Waals surface area contributed by atoms with Crippen molar-refractivity contribution in [2.75, 3.05) is 20.8 Å². The van der Waals surface area contributed by atoms with E-state index in [-0.39, 0.29) is 5.91 Å². The first-order chi connectivity index (χ1) is 11.1. The van der Waals surface area contributed by atoms with Crippen LogP contribution in [0.1, 0.15) is 24.3 Å². The summed E-state index contributed by atoms with van der Waals surface area (Å²) >= 11 is 0. The van der Waals surface area contributed by atoms with E-state index in [1.807, 2.05) is 44.2 Å². The Labute approximate surface area is 135 Å². The Hall–Kier alpha value is -2.76. The summed E-state index contributed by atoms with van der Waals surface area (Å²) < 4.78 is 11.9. The Bertz CT molecular complexity index is 690. The van der Waals surface area contributed by atoms with Gasteiger partial charge in [0.2, 0.25) is 5.88 Å². The highest BCUT2D eigenvalue weighted by Crippen LogP contribution is 2.21. The van der Waals surface area contributed by atoms with Crippen molar-refractivity contribution in [2.24, 2.45) is 0 Å². The van der Waals surface area contributed by atoms with E-state index >= 15 is 0 Å². The molecule has 1 aromatic heterocycles. The molecular formula is C17H21N3O3. The van der Waals surface area contributed by atoms with Crippen LogP contribution in [0.4, 0.5) is 0 Å². The molecule has 1 amide bonds. The maximum Gasteiger partial charge on any atom is 0.276 e. The Morgan fingerprint density at radius 1 is 1.26 bits per heavy atom. The standard InChI is InChI=1S/C17H21N3O3/c1-5-11-19(6-2)17(21)15-12-16(23-4)18-20(15)13-7-9-14(22-3)10-8-13/h5,7-12H,6H2,1-4H3/b11-5+. The lowest BCUT2D eigenvalue weighted by Crippen LogP contribution is -2.27. The van der Waals surface area contributed by atoms with Gasteiger partial charge in [-0.25, -0.2) is 4.68 Å². The molecule has 2 rings (SSSR count). The summed E-state index contributed by atoms with van der Waals surface area (Å²) in [6.45, 7) is 4.36. The van der Waals surface area contributed by atoms with Gasteiger partial charge >= 0.3 is 0 Å². The molecule has 0 bridgehead atoms. The predicted octanol–water partition coefficient (Wildman–Crippen LogP) is 2.89. The number of amides is 1. The average Bonchev–Trinajstić information content (AvgIpc) is 3.03. The number of benzene rings is 1. The minimum atomic E-state index is -0.141. The van der Waals surface area contributed by atoms with E-state index in [4.69, 9.17) is 9.47 Å². The van der Waals surface area contributed by atoms with E-state index in [0.717, 1.165) is 11.4 Å². The molecule has 0 saturated heterocycles. The fourth-order valence-electron chi connectivity index (χ4n) is 2.18. The normalized spacial score (nSPS) is 10.8. The van der Waals surface area contributed by atoms with Gasteiger partial charge in [0.05, 0.1) is 19.9 Å². The quantitative estimate of drug-likeness (QED) is 0.822. The minimum absolute atomic E-state index is 0.141. The number of allylic oxidation sites excluding steroid dienone is 1. The molecule has 0 saturated carbocycles. The maximum absolute atomic E-state index is 12.7. The van der Waals surface area contributed by atoms with E-state index < -0.39 is 0 Å². The van der Waals surface area contributed by atoms with Crippen molar-refractivity contribution in [3.63, 3.8) is 0 Å². The first kappa shape index (κ1) is 16.6. The van der Waals surface area contributed by atoms with Crippen LogP contribution in [-0.4, -0.2) is 41.4 Å². The molecule has 1 aromatic carbocycles. The molecule has 6 nitrogen and oxygen atoms in total. The van der Waals surface area contributed by atoms with Crippen LogP contribution in [0, 0.1) is 0 Å². The minimum Gasteiger partial charge on any atom is -0.497 e. The second-order valence-electron chi connectivity index (χ2n) is 4.76. The zero-order chi connectivity index (χ0) is 16.8. The van der Waals surface area contributed by atoms with Crippen LogP contribution < -0.4 is 9.47 Å². The maximum atomic E-state index is 12.7. The third kappa shape index (κ3) is 3.53. The van der Waals surface area contributed by atoms with E-state index in [1.54, 1.807) is 29.0 Å². The van der Waals surface area contributed by atoms with Gasteiger partial charge in [-0.15, -0.1) is 5.10 Å². The lowest BCUT2D eigenvalue weighted by molar-refractivity contribution is 0.0819. The molecule has 0 unspecified atom stereocenters. The summed E-state index contributed by atoms with van der Waals surface area (Å²) in [6, 6.07) is 8.96. The van der Waals surface area contributed by atoms with E-state index in [0.29, 0.717) is 18.1 Å². The number of carbonyl (C=O) groups is 1.